The molecule has 2 atom stereocenters. The average molecular weight is 1380 g/mol. The van der Waals surface area contributed by atoms with Crippen molar-refractivity contribution in [2.45, 2.75) is 22.7 Å². The second-order valence-corrected chi connectivity index (χ2v) is 29.3. The van der Waals surface area contributed by atoms with E-state index < -0.39 is 10.8 Å². The molecule has 6 heteroatoms. The van der Waals surface area contributed by atoms with E-state index in [2.05, 4.69) is 352 Å². The highest BCUT2D eigenvalue weighted by Crippen LogP contribution is 2.65. The van der Waals surface area contributed by atoms with E-state index in [-0.39, 0.29) is 11.8 Å². The Morgan fingerprint density at radius 1 is 0.185 bits per heavy atom. The molecule has 2 bridgehead atoms. The molecular weight excluding hydrogens is 1310 g/mol. The minimum absolute atomic E-state index is 0.0147. The summed E-state index contributed by atoms with van der Waals surface area (Å²) in [5.74, 6) is 4.79. The lowest BCUT2D eigenvalue weighted by molar-refractivity contribution is 0.436. The summed E-state index contributed by atoms with van der Waals surface area (Å²) in [4.78, 5) is 21.7. The van der Waals surface area contributed by atoms with Crippen LogP contribution in [0.2, 0.25) is 0 Å². The van der Waals surface area contributed by atoms with Gasteiger partial charge in [0.05, 0.1) is 33.6 Å². The number of hydrogen-bond donors (Lipinski definition) is 0. The van der Waals surface area contributed by atoms with Gasteiger partial charge in [-0.2, -0.15) is 0 Å². The minimum atomic E-state index is -0.578. The zero-order valence-corrected chi connectivity index (χ0v) is 58.4. The molecule has 4 heterocycles. The maximum Gasteiger partial charge on any atom is 0.160 e. The molecule has 0 N–H and O–H groups in total. The van der Waals surface area contributed by atoms with Crippen molar-refractivity contribution < 1.29 is 9.47 Å². The predicted molar refractivity (Wildman–Crippen MR) is 431 cm³/mol. The van der Waals surface area contributed by atoms with Crippen LogP contribution in [0.4, 0.5) is 0 Å². The summed E-state index contributed by atoms with van der Waals surface area (Å²) in [7, 11) is 0. The van der Waals surface area contributed by atoms with Gasteiger partial charge in [0.1, 0.15) is 23.0 Å². The monoisotopic (exact) mass is 1370 g/mol. The molecule has 0 saturated carbocycles. The molecule has 0 amide bonds. The number of aromatic nitrogens is 4. The topological polar surface area (TPSA) is 70.0 Å². The van der Waals surface area contributed by atoms with Crippen molar-refractivity contribution in [3.05, 3.63) is 442 Å². The minimum Gasteiger partial charge on any atom is -0.457 e. The van der Waals surface area contributed by atoms with Crippen LogP contribution in [-0.2, 0) is 10.8 Å². The van der Waals surface area contributed by atoms with Gasteiger partial charge in [0, 0.05) is 67.5 Å². The molecule has 6 nitrogen and oxygen atoms in total. The van der Waals surface area contributed by atoms with Crippen molar-refractivity contribution in [3.8, 4) is 135 Å². The van der Waals surface area contributed by atoms with Gasteiger partial charge in [0.2, 0.25) is 0 Å². The highest BCUT2D eigenvalue weighted by molar-refractivity contribution is 5.92. The Morgan fingerprint density at radius 3 is 0.870 bits per heavy atom. The molecule has 15 aromatic carbocycles. The zero-order chi connectivity index (χ0) is 70.8. The van der Waals surface area contributed by atoms with Crippen molar-refractivity contribution in [3.63, 3.8) is 0 Å². The maximum absolute atomic E-state index is 6.85. The summed E-state index contributed by atoms with van der Waals surface area (Å²) in [6.07, 6.45) is 0. The first-order chi connectivity index (χ1) is 53.5. The number of nitrogens with zero attached hydrogens (tertiary/aromatic N) is 4. The fourth-order valence-corrected chi connectivity index (χ4v) is 19.2. The molecule has 24 rings (SSSR count). The molecule has 0 radical (unpaired) electrons. The second kappa shape index (κ2) is 23.3. The number of ether oxygens (including phenoxy) is 2. The van der Waals surface area contributed by atoms with E-state index in [1.54, 1.807) is 0 Å². The summed E-state index contributed by atoms with van der Waals surface area (Å²) < 4.78 is 13.7. The molecule has 2 aromatic heterocycles. The van der Waals surface area contributed by atoms with Crippen molar-refractivity contribution in [1.82, 2.24) is 19.9 Å². The smallest absolute Gasteiger partial charge is 0.160 e. The summed E-state index contributed by atoms with van der Waals surface area (Å²) in [5, 5.41) is 0. The first-order valence-corrected chi connectivity index (χ1v) is 37.2. The molecule has 2 aliphatic heterocycles. The zero-order valence-electron chi connectivity index (χ0n) is 58.4. The normalized spacial score (nSPS) is 15.1. The molecular formula is C102H62N4O2. The highest BCUT2D eigenvalue weighted by Gasteiger charge is 2.53. The Hall–Kier alpha value is -13.9. The van der Waals surface area contributed by atoms with Gasteiger partial charge in [-0.05, 0) is 173 Å². The molecule has 17 aromatic rings. The van der Waals surface area contributed by atoms with Crippen LogP contribution in [0.15, 0.2) is 364 Å². The van der Waals surface area contributed by atoms with Crippen LogP contribution in [0.25, 0.3) is 112 Å². The van der Waals surface area contributed by atoms with E-state index in [1.165, 1.54) is 77.9 Å². The first-order valence-electron chi connectivity index (χ1n) is 37.2. The van der Waals surface area contributed by atoms with Crippen LogP contribution >= 0.6 is 0 Å². The summed E-state index contributed by atoms with van der Waals surface area (Å²) >= 11 is 0. The van der Waals surface area contributed by atoms with Crippen molar-refractivity contribution in [1.29, 1.82) is 0 Å². The number of rotatable bonds is 8. The molecule has 5 aliphatic carbocycles. The SMILES string of the molecule is c1ccc(-c2nc(-c3cccc(-c4ccc5c(c4)C4(c6ccccc6O5)c5ccccc5-c5ccccc54)c3)cc(-c3ccc4c(c3)C3c5ccccc5C4c4cc(-c5cc(-c6cccc(-c7ccc8c(c7)C7(c9ccccc9O8)c8ccccc8-c8ccccc87)c6)nc(-c6ccccc6)n5)ccc43)n2)cc1. The lowest BCUT2D eigenvalue weighted by Gasteiger charge is -2.42. The van der Waals surface area contributed by atoms with Gasteiger partial charge in [0.25, 0.3) is 0 Å². The van der Waals surface area contributed by atoms with Gasteiger partial charge in [-0.15, -0.1) is 0 Å². The molecule has 2 spiro atoms. The maximum atomic E-state index is 6.85. The Labute approximate surface area is 625 Å². The van der Waals surface area contributed by atoms with Gasteiger partial charge < -0.3 is 9.47 Å². The number of fused-ring (bicyclic) bond motifs is 18. The predicted octanol–water partition coefficient (Wildman–Crippen LogP) is 24.5. The summed E-state index contributed by atoms with van der Waals surface area (Å²) in [5.41, 5.74) is 35.1. The van der Waals surface area contributed by atoms with Crippen molar-refractivity contribution in [2.75, 3.05) is 0 Å². The van der Waals surface area contributed by atoms with Crippen LogP contribution in [0.1, 0.15) is 89.7 Å². The van der Waals surface area contributed by atoms with E-state index in [0.29, 0.717) is 11.6 Å². The molecule has 0 saturated heterocycles. The second-order valence-electron chi connectivity index (χ2n) is 29.3. The molecule has 0 fully saturated rings. The van der Waals surface area contributed by atoms with Gasteiger partial charge in [-0.1, -0.05) is 291 Å². The van der Waals surface area contributed by atoms with E-state index in [1.807, 2.05) is 12.1 Å². The van der Waals surface area contributed by atoms with Crippen molar-refractivity contribution >= 4 is 0 Å². The molecule has 2 unspecified atom stereocenters. The van der Waals surface area contributed by atoms with E-state index in [0.717, 1.165) is 124 Å². The van der Waals surface area contributed by atoms with Gasteiger partial charge in [-0.25, -0.2) is 19.9 Å². The Kier molecular flexibility index (Phi) is 13.0. The summed E-state index contributed by atoms with van der Waals surface area (Å²) in [6, 6.07) is 132. The molecule has 108 heavy (non-hydrogen) atoms. The number of hydrogen-bond acceptors (Lipinski definition) is 6. The fraction of sp³-hybridized carbons (Fsp3) is 0.0392. The third-order valence-electron chi connectivity index (χ3n) is 23.8. The van der Waals surface area contributed by atoms with Crippen LogP contribution in [0.5, 0.6) is 23.0 Å². The van der Waals surface area contributed by atoms with Crippen LogP contribution in [0, 0.1) is 0 Å². The van der Waals surface area contributed by atoms with Crippen LogP contribution in [-0.4, -0.2) is 19.9 Å². The average Bonchev–Trinajstić information content (AvgIpc) is 1.54. The van der Waals surface area contributed by atoms with E-state index >= 15 is 0 Å². The standard InChI is InChI=1S/C102H62N4O2/c1-3-23-61(24-4-1)99-103-89(67-29-21-27-63(53-67)65-47-51-95-87(57-65)101(85-41-17-19-43-93(85)107-95)81-37-13-9-31-71(81)72-32-10-14-38-82(72)101)59-91(105-99)69-45-49-77-79(55-69)97-75-35-7-8-36-76(75)98(77)80-56-70(46-50-78(80)97)92-60-90(104-100(106-92)62-25-5-2-6-26-62)68-30-22-28-64(54-68)66-48-52-96-88(58-66)102(86-42-18-20-44-94(86)108-96)83-39-15-11-33-73(83)74-34-12-16-40-84(74)102/h1-60,97-98H. The lowest BCUT2D eigenvalue weighted by atomic mass is 9.60. The van der Waals surface area contributed by atoms with Gasteiger partial charge in [0.15, 0.2) is 11.6 Å². The fourth-order valence-electron chi connectivity index (χ4n) is 19.2. The molecule has 7 aliphatic rings. The van der Waals surface area contributed by atoms with Crippen LogP contribution < -0.4 is 9.47 Å². The van der Waals surface area contributed by atoms with Gasteiger partial charge in [-0.3, -0.25) is 0 Å². The third kappa shape index (κ3) is 8.77. The van der Waals surface area contributed by atoms with E-state index in [4.69, 9.17) is 29.4 Å². The quantitative estimate of drug-likeness (QED) is 0.151. The third-order valence-corrected chi connectivity index (χ3v) is 23.8. The molecule has 502 valence electrons. The summed E-state index contributed by atoms with van der Waals surface area (Å²) in [6.45, 7) is 0. The van der Waals surface area contributed by atoms with Crippen molar-refractivity contribution in [2.24, 2.45) is 0 Å². The number of para-hydroxylation sites is 2. The van der Waals surface area contributed by atoms with Gasteiger partial charge >= 0.3 is 0 Å². The van der Waals surface area contributed by atoms with E-state index in [9.17, 15) is 0 Å². The largest absolute Gasteiger partial charge is 0.457 e. The number of benzene rings is 15. The Morgan fingerprint density at radius 2 is 0.472 bits per heavy atom. The highest BCUT2D eigenvalue weighted by atomic mass is 16.5. The Balaban J connectivity index is 0.610. The lowest BCUT2D eigenvalue weighted by Crippen LogP contribution is -2.32. The first kappa shape index (κ1) is 60.5. The Bertz CT molecular complexity index is 6180. The van der Waals surface area contributed by atoms with Crippen LogP contribution in [0.3, 0.4) is 0 Å².